The predicted molar refractivity (Wildman–Crippen MR) is 62.8 cm³/mol. The molecule has 8 nitrogen and oxygen atoms in total. The quantitative estimate of drug-likeness (QED) is 0.811. The number of primary amides is 1. The van der Waals surface area contributed by atoms with Gasteiger partial charge in [-0.1, -0.05) is 0 Å². The molecule has 0 atom stereocenters. The summed E-state index contributed by atoms with van der Waals surface area (Å²) in [5.41, 5.74) is 6.39. The Morgan fingerprint density at radius 3 is 2.06 bits per heavy atom. The second-order valence-electron chi connectivity index (χ2n) is 3.24. The molecule has 0 aliphatic carbocycles. The molecule has 3 N–H and O–H groups in total. The molecule has 0 saturated carbocycles. The zero-order chi connectivity index (χ0) is 13.0. The van der Waals surface area contributed by atoms with Crippen molar-refractivity contribution < 1.29 is 9.53 Å². The van der Waals surface area contributed by atoms with E-state index in [1.165, 1.54) is 19.5 Å². The van der Waals surface area contributed by atoms with E-state index in [9.17, 15) is 4.79 Å². The third-order valence-corrected chi connectivity index (χ3v) is 2.03. The fourth-order valence-corrected chi connectivity index (χ4v) is 1.22. The Kier molecular flexibility index (Phi) is 3.28. The van der Waals surface area contributed by atoms with Gasteiger partial charge in [-0.25, -0.2) is 24.7 Å². The van der Waals surface area contributed by atoms with Gasteiger partial charge in [0.15, 0.2) is 0 Å². The first-order valence-corrected chi connectivity index (χ1v) is 4.94. The molecule has 0 saturated heterocycles. The van der Waals surface area contributed by atoms with Crippen molar-refractivity contribution in [1.82, 2.24) is 19.9 Å². The molecule has 0 spiro atoms. The molecule has 92 valence electrons. The third-order valence-electron chi connectivity index (χ3n) is 2.03. The second-order valence-corrected chi connectivity index (χ2v) is 3.24. The minimum absolute atomic E-state index is 0.140. The number of carbonyl (C=O) groups excluding carboxylic acids is 1. The summed E-state index contributed by atoms with van der Waals surface area (Å²) in [6.07, 6.45) is 6.24. The van der Waals surface area contributed by atoms with E-state index in [0.29, 0.717) is 5.56 Å². The minimum atomic E-state index is -0.712. The predicted octanol–water partition coefficient (Wildman–Crippen LogP) is 0.433. The van der Waals surface area contributed by atoms with Crippen LogP contribution in [0.5, 0.6) is 6.01 Å². The molecular weight excluding hydrogens is 236 g/mol. The molecule has 2 aromatic heterocycles. The van der Waals surface area contributed by atoms with Crippen molar-refractivity contribution in [3.8, 4) is 17.1 Å². The topological polar surface area (TPSA) is 116 Å². The van der Waals surface area contributed by atoms with Crippen LogP contribution in [0, 0.1) is 0 Å². The Balaban J connectivity index is 2.20. The van der Waals surface area contributed by atoms with E-state index in [4.69, 9.17) is 10.5 Å². The molecule has 0 unspecified atom stereocenters. The number of urea groups is 1. The summed E-state index contributed by atoms with van der Waals surface area (Å²) in [7, 11) is 1.49. The number of anilines is 1. The maximum absolute atomic E-state index is 10.6. The summed E-state index contributed by atoms with van der Waals surface area (Å²) in [4.78, 5) is 26.4. The van der Waals surface area contributed by atoms with E-state index in [-0.39, 0.29) is 12.0 Å². The highest BCUT2D eigenvalue weighted by atomic mass is 16.5. The van der Waals surface area contributed by atoms with Crippen LogP contribution in [0.2, 0.25) is 0 Å². The van der Waals surface area contributed by atoms with E-state index in [2.05, 4.69) is 25.3 Å². The summed E-state index contributed by atoms with van der Waals surface area (Å²) < 4.78 is 4.85. The zero-order valence-electron chi connectivity index (χ0n) is 9.49. The van der Waals surface area contributed by atoms with Crippen LogP contribution < -0.4 is 15.8 Å². The highest BCUT2D eigenvalue weighted by molar-refractivity contribution is 5.85. The summed E-state index contributed by atoms with van der Waals surface area (Å²) in [6.45, 7) is 0. The number of hydrogen-bond donors (Lipinski definition) is 2. The number of nitrogens with zero attached hydrogens (tertiary/aromatic N) is 4. The number of hydrogen-bond acceptors (Lipinski definition) is 6. The normalized spacial score (nSPS) is 9.83. The van der Waals surface area contributed by atoms with Crippen molar-refractivity contribution >= 4 is 12.0 Å². The number of ether oxygens (including phenoxy) is 1. The highest BCUT2D eigenvalue weighted by Crippen LogP contribution is 2.17. The largest absolute Gasteiger partial charge is 0.467 e. The van der Waals surface area contributed by atoms with Crippen molar-refractivity contribution in [2.45, 2.75) is 0 Å². The maximum Gasteiger partial charge on any atom is 0.319 e. The Morgan fingerprint density at radius 2 is 1.61 bits per heavy atom. The number of carbonyl (C=O) groups is 1. The smallest absolute Gasteiger partial charge is 0.319 e. The van der Waals surface area contributed by atoms with Gasteiger partial charge in [0.05, 0.1) is 7.11 Å². The van der Waals surface area contributed by atoms with E-state index >= 15 is 0 Å². The number of rotatable bonds is 3. The van der Waals surface area contributed by atoms with Gasteiger partial charge >= 0.3 is 12.0 Å². The molecule has 18 heavy (non-hydrogen) atoms. The van der Waals surface area contributed by atoms with Crippen molar-refractivity contribution in [3.05, 3.63) is 24.8 Å². The van der Waals surface area contributed by atoms with Crippen LogP contribution in [0.25, 0.3) is 11.1 Å². The van der Waals surface area contributed by atoms with Crippen molar-refractivity contribution in [3.63, 3.8) is 0 Å². The lowest BCUT2D eigenvalue weighted by Gasteiger charge is -2.03. The first-order chi connectivity index (χ1) is 8.69. The van der Waals surface area contributed by atoms with E-state index in [0.717, 1.165) is 5.56 Å². The van der Waals surface area contributed by atoms with Gasteiger partial charge in [0.1, 0.15) is 0 Å². The molecule has 2 rings (SSSR count). The van der Waals surface area contributed by atoms with E-state index in [1.54, 1.807) is 12.4 Å². The molecule has 0 aromatic carbocycles. The molecule has 8 heteroatoms. The summed E-state index contributed by atoms with van der Waals surface area (Å²) in [5, 5.41) is 2.27. The van der Waals surface area contributed by atoms with Gasteiger partial charge < -0.3 is 10.5 Å². The molecule has 0 fully saturated rings. The number of amides is 2. The highest BCUT2D eigenvalue weighted by Gasteiger charge is 2.03. The van der Waals surface area contributed by atoms with Gasteiger partial charge in [-0.3, -0.25) is 5.32 Å². The number of nitrogens with two attached hydrogens (primary N) is 1. The average molecular weight is 246 g/mol. The Hall–Kier alpha value is -2.77. The van der Waals surface area contributed by atoms with Crippen molar-refractivity contribution in [2.75, 3.05) is 12.4 Å². The Labute approximate surface area is 102 Å². The standard InChI is InChI=1S/C10H10N6O2/c1-18-10-14-4-7(5-15-10)6-2-12-9(13-3-6)16-8(11)17/h2-5H,1H3,(H3,11,12,13,16,17). The van der Waals surface area contributed by atoms with Crippen LogP contribution >= 0.6 is 0 Å². The number of aromatic nitrogens is 4. The Morgan fingerprint density at radius 1 is 1.11 bits per heavy atom. The molecule has 0 aliphatic rings. The molecular formula is C10H10N6O2. The SMILES string of the molecule is COc1ncc(-c2cnc(NC(N)=O)nc2)cn1. The van der Waals surface area contributed by atoms with Gasteiger partial charge in [-0.15, -0.1) is 0 Å². The zero-order valence-corrected chi connectivity index (χ0v) is 9.49. The molecule has 2 amide bonds. The first kappa shape index (κ1) is 11.7. The first-order valence-electron chi connectivity index (χ1n) is 4.94. The van der Waals surface area contributed by atoms with Crippen LogP contribution in [0.4, 0.5) is 10.7 Å². The fraction of sp³-hybridized carbons (Fsp3) is 0.100. The second kappa shape index (κ2) is 5.04. The van der Waals surface area contributed by atoms with Gasteiger partial charge in [0.2, 0.25) is 5.95 Å². The van der Waals surface area contributed by atoms with Crippen LogP contribution in [0.1, 0.15) is 0 Å². The van der Waals surface area contributed by atoms with Gasteiger partial charge in [-0.05, 0) is 0 Å². The van der Waals surface area contributed by atoms with Crippen molar-refractivity contribution in [1.29, 1.82) is 0 Å². The van der Waals surface area contributed by atoms with E-state index < -0.39 is 6.03 Å². The van der Waals surface area contributed by atoms with E-state index in [1.807, 2.05) is 0 Å². The Bertz CT molecular complexity index is 539. The lowest BCUT2D eigenvalue weighted by Crippen LogP contribution is -2.20. The summed E-state index contributed by atoms with van der Waals surface area (Å²) in [6, 6.07) is -0.429. The summed E-state index contributed by atoms with van der Waals surface area (Å²) in [5.74, 6) is 0.140. The van der Waals surface area contributed by atoms with Crippen LogP contribution in [0.15, 0.2) is 24.8 Å². The fourth-order valence-electron chi connectivity index (χ4n) is 1.22. The van der Waals surface area contributed by atoms with Crippen LogP contribution in [-0.2, 0) is 0 Å². The molecule has 0 radical (unpaired) electrons. The lowest BCUT2D eigenvalue weighted by atomic mass is 10.2. The number of nitrogens with one attached hydrogen (secondary N) is 1. The maximum atomic E-state index is 10.6. The third kappa shape index (κ3) is 2.67. The van der Waals surface area contributed by atoms with Gasteiger partial charge in [-0.2, -0.15) is 0 Å². The van der Waals surface area contributed by atoms with Gasteiger partial charge in [0.25, 0.3) is 0 Å². The van der Waals surface area contributed by atoms with Crippen molar-refractivity contribution in [2.24, 2.45) is 5.73 Å². The van der Waals surface area contributed by atoms with Crippen LogP contribution in [-0.4, -0.2) is 33.1 Å². The minimum Gasteiger partial charge on any atom is -0.467 e. The molecule has 2 heterocycles. The molecule has 0 aliphatic heterocycles. The van der Waals surface area contributed by atoms with Gasteiger partial charge in [0, 0.05) is 35.9 Å². The number of methoxy groups -OCH3 is 1. The monoisotopic (exact) mass is 246 g/mol. The average Bonchev–Trinajstić information content (AvgIpc) is 2.39. The lowest BCUT2D eigenvalue weighted by molar-refractivity contribution is 0.259. The summed E-state index contributed by atoms with van der Waals surface area (Å²) >= 11 is 0. The molecule has 2 aromatic rings. The molecule has 0 bridgehead atoms. The van der Waals surface area contributed by atoms with Crippen LogP contribution in [0.3, 0.4) is 0 Å².